The minimum absolute atomic E-state index is 0.270. The molecule has 2 N–H and O–H groups in total. The molecule has 0 aromatic heterocycles. The van der Waals surface area contributed by atoms with Crippen LogP contribution in [0.15, 0.2) is 47.4 Å². The van der Waals surface area contributed by atoms with Gasteiger partial charge in [-0.2, -0.15) is 0 Å². The van der Waals surface area contributed by atoms with Gasteiger partial charge in [-0.1, -0.05) is 6.07 Å². The maximum Gasteiger partial charge on any atom is 0.123 e. The predicted octanol–water partition coefficient (Wildman–Crippen LogP) is 3.59. The molecule has 0 saturated heterocycles. The fourth-order valence-electron chi connectivity index (χ4n) is 1.76. The van der Waals surface area contributed by atoms with E-state index in [1.807, 2.05) is 30.5 Å². The van der Waals surface area contributed by atoms with Crippen molar-refractivity contribution in [2.24, 2.45) is 5.73 Å². The highest BCUT2D eigenvalue weighted by atomic mass is 32.2. The summed E-state index contributed by atoms with van der Waals surface area (Å²) >= 11 is 1.68. The molecule has 2 rings (SSSR count). The van der Waals surface area contributed by atoms with E-state index in [2.05, 4.69) is 0 Å². The Morgan fingerprint density at radius 2 is 1.84 bits per heavy atom. The largest absolute Gasteiger partial charge is 0.489 e. The first-order valence-electron chi connectivity index (χ1n) is 5.97. The van der Waals surface area contributed by atoms with Crippen LogP contribution in [0.2, 0.25) is 0 Å². The average molecular weight is 277 g/mol. The lowest BCUT2D eigenvalue weighted by Crippen LogP contribution is -2.05. The molecule has 0 heterocycles. The lowest BCUT2D eigenvalue weighted by Gasteiger charge is -2.10. The van der Waals surface area contributed by atoms with Crippen molar-refractivity contribution in [1.82, 2.24) is 0 Å². The fraction of sp³-hybridized carbons (Fsp3) is 0.200. The van der Waals surface area contributed by atoms with Gasteiger partial charge in [0.2, 0.25) is 0 Å². The summed E-state index contributed by atoms with van der Waals surface area (Å²) in [6.45, 7) is 0.702. The predicted molar refractivity (Wildman–Crippen MR) is 76.8 cm³/mol. The summed E-state index contributed by atoms with van der Waals surface area (Å²) in [6, 6.07) is 12.4. The van der Waals surface area contributed by atoms with E-state index >= 15 is 0 Å². The molecule has 2 aromatic rings. The van der Waals surface area contributed by atoms with Crippen molar-refractivity contribution < 1.29 is 9.13 Å². The SMILES string of the molecule is CSc1ccc(OCc2cc(F)ccc2CN)cc1. The Morgan fingerprint density at radius 3 is 2.47 bits per heavy atom. The van der Waals surface area contributed by atoms with Crippen molar-refractivity contribution in [2.75, 3.05) is 6.26 Å². The van der Waals surface area contributed by atoms with Gasteiger partial charge in [0.1, 0.15) is 18.2 Å². The molecule has 0 radical (unpaired) electrons. The second-order valence-electron chi connectivity index (χ2n) is 4.08. The third kappa shape index (κ3) is 3.72. The number of benzene rings is 2. The van der Waals surface area contributed by atoms with Crippen LogP contribution in [0.3, 0.4) is 0 Å². The second-order valence-corrected chi connectivity index (χ2v) is 4.96. The molecule has 0 atom stereocenters. The first-order valence-corrected chi connectivity index (χ1v) is 7.19. The van der Waals surface area contributed by atoms with Crippen molar-refractivity contribution in [2.45, 2.75) is 18.0 Å². The van der Waals surface area contributed by atoms with Gasteiger partial charge in [-0.3, -0.25) is 0 Å². The maximum absolute atomic E-state index is 13.2. The quantitative estimate of drug-likeness (QED) is 0.848. The van der Waals surface area contributed by atoms with Crippen LogP contribution in [-0.2, 0) is 13.2 Å². The number of rotatable bonds is 5. The zero-order valence-corrected chi connectivity index (χ0v) is 11.5. The number of nitrogens with two attached hydrogens (primary N) is 1. The number of halogens is 1. The Labute approximate surface area is 116 Å². The molecule has 0 aliphatic carbocycles. The number of ether oxygens (including phenoxy) is 1. The summed E-state index contributed by atoms with van der Waals surface area (Å²) < 4.78 is 18.9. The Bertz CT molecular complexity index is 542. The van der Waals surface area contributed by atoms with Crippen molar-refractivity contribution in [3.63, 3.8) is 0 Å². The molecule has 0 aliphatic rings. The fourth-order valence-corrected chi connectivity index (χ4v) is 2.17. The summed E-state index contributed by atoms with van der Waals surface area (Å²) in [5.41, 5.74) is 7.32. The molecule has 0 bridgehead atoms. The van der Waals surface area contributed by atoms with Crippen molar-refractivity contribution in [1.29, 1.82) is 0 Å². The van der Waals surface area contributed by atoms with Crippen molar-refractivity contribution >= 4 is 11.8 Å². The van der Waals surface area contributed by atoms with Gasteiger partial charge in [-0.05, 0) is 53.8 Å². The minimum Gasteiger partial charge on any atom is -0.489 e. The van der Waals surface area contributed by atoms with Crippen LogP contribution in [0.25, 0.3) is 0 Å². The maximum atomic E-state index is 13.2. The smallest absolute Gasteiger partial charge is 0.123 e. The minimum atomic E-state index is -0.270. The van der Waals surface area contributed by atoms with E-state index < -0.39 is 0 Å². The molecule has 0 unspecified atom stereocenters. The van der Waals surface area contributed by atoms with Crippen molar-refractivity contribution in [3.05, 3.63) is 59.4 Å². The highest BCUT2D eigenvalue weighted by Gasteiger charge is 2.04. The monoisotopic (exact) mass is 277 g/mol. The number of hydrogen-bond acceptors (Lipinski definition) is 3. The first kappa shape index (κ1) is 13.9. The van der Waals surface area contributed by atoms with Crippen LogP contribution in [0.1, 0.15) is 11.1 Å². The number of thioether (sulfide) groups is 1. The molecule has 0 aliphatic heterocycles. The molecule has 4 heteroatoms. The zero-order valence-electron chi connectivity index (χ0n) is 10.7. The molecular formula is C15H16FNOS. The Balaban J connectivity index is 2.07. The van der Waals surface area contributed by atoms with E-state index in [4.69, 9.17) is 10.5 Å². The lowest BCUT2D eigenvalue weighted by molar-refractivity contribution is 0.304. The van der Waals surface area contributed by atoms with Crippen LogP contribution < -0.4 is 10.5 Å². The van der Waals surface area contributed by atoms with Gasteiger partial charge in [-0.25, -0.2) is 4.39 Å². The summed E-state index contributed by atoms with van der Waals surface area (Å²) in [6.07, 6.45) is 2.02. The van der Waals surface area contributed by atoms with Gasteiger partial charge in [0.25, 0.3) is 0 Å². The molecule has 0 spiro atoms. The zero-order chi connectivity index (χ0) is 13.7. The molecule has 19 heavy (non-hydrogen) atoms. The summed E-state index contributed by atoms with van der Waals surface area (Å²) in [7, 11) is 0. The normalized spacial score (nSPS) is 10.5. The van der Waals surface area contributed by atoms with Crippen LogP contribution in [0, 0.1) is 5.82 Å². The van der Waals surface area contributed by atoms with Gasteiger partial charge in [0.15, 0.2) is 0 Å². The van der Waals surface area contributed by atoms with E-state index in [1.54, 1.807) is 17.8 Å². The molecule has 0 amide bonds. The third-order valence-corrected chi connectivity index (χ3v) is 3.59. The summed E-state index contributed by atoms with van der Waals surface area (Å²) in [5, 5.41) is 0. The van der Waals surface area contributed by atoms with E-state index in [-0.39, 0.29) is 5.82 Å². The van der Waals surface area contributed by atoms with E-state index in [9.17, 15) is 4.39 Å². The molecule has 2 nitrogen and oxygen atoms in total. The molecule has 2 aromatic carbocycles. The van der Waals surface area contributed by atoms with Gasteiger partial charge in [0, 0.05) is 11.4 Å². The van der Waals surface area contributed by atoms with Gasteiger partial charge in [-0.15, -0.1) is 11.8 Å². The second kappa shape index (κ2) is 6.59. The summed E-state index contributed by atoms with van der Waals surface area (Å²) in [4.78, 5) is 1.18. The van der Waals surface area contributed by atoms with E-state index in [0.29, 0.717) is 13.2 Å². The third-order valence-electron chi connectivity index (χ3n) is 2.84. The highest BCUT2D eigenvalue weighted by molar-refractivity contribution is 7.98. The molecule has 0 saturated carbocycles. The first-order chi connectivity index (χ1) is 9.22. The van der Waals surface area contributed by atoms with Crippen LogP contribution >= 0.6 is 11.8 Å². The Kier molecular flexibility index (Phi) is 4.82. The van der Waals surface area contributed by atoms with Gasteiger partial charge >= 0.3 is 0 Å². The van der Waals surface area contributed by atoms with Crippen LogP contribution in [0.5, 0.6) is 5.75 Å². The number of hydrogen-bond donors (Lipinski definition) is 1. The molecule has 100 valence electrons. The van der Waals surface area contributed by atoms with E-state index in [0.717, 1.165) is 16.9 Å². The highest BCUT2D eigenvalue weighted by Crippen LogP contribution is 2.20. The molecular weight excluding hydrogens is 261 g/mol. The summed E-state index contributed by atoms with van der Waals surface area (Å²) in [5.74, 6) is 0.499. The molecule has 0 fully saturated rings. The lowest BCUT2D eigenvalue weighted by atomic mass is 10.1. The average Bonchev–Trinajstić information content (AvgIpc) is 2.46. The van der Waals surface area contributed by atoms with Gasteiger partial charge in [0.05, 0.1) is 0 Å². The van der Waals surface area contributed by atoms with Crippen LogP contribution in [0.4, 0.5) is 4.39 Å². The Hall–Kier alpha value is -1.52. The topological polar surface area (TPSA) is 35.2 Å². The standard InChI is InChI=1S/C15H16FNOS/c1-19-15-6-4-14(5-7-15)18-10-12-8-13(16)3-2-11(12)9-17/h2-8H,9-10,17H2,1H3. The van der Waals surface area contributed by atoms with Crippen LogP contribution in [-0.4, -0.2) is 6.26 Å². The van der Waals surface area contributed by atoms with E-state index in [1.165, 1.54) is 17.0 Å². The Morgan fingerprint density at radius 1 is 1.11 bits per heavy atom. The van der Waals surface area contributed by atoms with Gasteiger partial charge < -0.3 is 10.5 Å². The van der Waals surface area contributed by atoms with Crippen molar-refractivity contribution in [3.8, 4) is 5.75 Å².